The van der Waals surface area contributed by atoms with Crippen molar-refractivity contribution in [3.8, 4) is 0 Å². The molecule has 46 heavy (non-hydrogen) atoms. The Hall–Kier alpha value is -3.01. The number of amides is 1. The Labute approximate surface area is 275 Å². The molecule has 6 atom stereocenters. The molecule has 6 unspecified atom stereocenters. The maximum atomic E-state index is 13.4. The second-order valence-corrected chi connectivity index (χ2v) is 13.7. The van der Waals surface area contributed by atoms with E-state index in [1.165, 1.54) is 25.7 Å². The molecule has 1 aromatic rings. The molecule has 9 heteroatoms. The Morgan fingerprint density at radius 2 is 1.83 bits per heavy atom. The molecule has 0 spiro atoms. The minimum Gasteiger partial charge on any atom is -0.457 e. The first-order valence-electron chi connectivity index (χ1n) is 17.3. The summed E-state index contributed by atoms with van der Waals surface area (Å²) < 4.78 is 11.9. The number of piperidine rings is 1. The van der Waals surface area contributed by atoms with Crippen molar-refractivity contribution in [1.29, 1.82) is 0 Å². The first-order valence-corrected chi connectivity index (χ1v) is 17.3. The van der Waals surface area contributed by atoms with Gasteiger partial charge >= 0.3 is 12.1 Å². The Morgan fingerprint density at radius 1 is 1.11 bits per heavy atom. The third kappa shape index (κ3) is 10.5. The average Bonchev–Trinajstić information content (AvgIpc) is 3.34. The van der Waals surface area contributed by atoms with Crippen molar-refractivity contribution in [3.05, 3.63) is 66.0 Å². The van der Waals surface area contributed by atoms with Crippen molar-refractivity contribution >= 4 is 12.1 Å². The lowest BCUT2D eigenvalue weighted by atomic mass is 9.88. The maximum Gasteiger partial charge on any atom is 0.410 e. The highest BCUT2D eigenvalue weighted by molar-refractivity contribution is 5.70. The lowest BCUT2D eigenvalue weighted by Crippen LogP contribution is -2.49. The van der Waals surface area contributed by atoms with E-state index < -0.39 is 36.0 Å². The zero-order valence-electron chi connectivity index (χ0n) is 28.2. The van der Waals surface area contributed by atoms with E-state index in [0.29, 0.717) is 19.1 Å². The highest BCUT2D eigenvalue weighted by Gasteiger charge is 2.37. The summed E-state index contributed by atoms with van der Waals surface area (Å²) in [6.07, 6.45) is 15.3. The zero-order chi connectivity index (χ0) is 33.1. The fraction of sp³-hybridized carbons (Fsp3) is 0.649. The van der Waals surface area contributed by atoms with E-state index in [4.69, 9.17) is 9.47 Å². The molecule has 3 aliphatic heterocycles. The smallest absolute Gasteiger partial charge is 0.410 e. The number of cyclic esters (lactones) is 1. The van der Waals surface area contributed by atoms with Crippen LogP contribution in [0.5, 0.6) is 0 Å². The second-order valence-electron chi connectivity index (χ2n) is 13.7. The van der Waals surface area contributed by atoms with Crippen LogP contribution in [-0.4, -0.2) is 93.2 Å². The molecule has 0 radical (unpaired) electrons. The van der Waals surface area contributed by atoms with Gasteiger partial charge in [0.2, 0.25) is 0 Å². The zero-order valence-corrected chi connectivity index (χ0v) is 28.2. The minimum absolute atomic E-state index is 0.106. The minimum atomic E-state index is -1.44. The number of aromatic nitrogens is 1. The van der Waals surface area contributed by atoms with Gasteiger partial charge < -0.3 is 29.5 Å². The molecule has 2 saturated heterocycles. The Morgan fingerprint density at radius 3 is 2.50 bits per heavy atom. The molecule has 0 aliphatic carbocycles. The third-order valence-corrected chi connectivity index (χ3v) is 9.79. The second kappa shape index (κ2) is 17.2. The molecule has 254 valence electrons. The van der Waals surface area contributed by atoms with Crippen LogP contribution in [0.2, 0.25) is 0 Å². The van der Waals surface area contributed by atoms with Crippen LogP contribution in [0.4, 0.5) is 4.79 Å². The van der Waals surface area contributed by atoms with Crippen LogP contribution in [0, 0.1) is 5.92 Å². The summed E-state index contributed by atoms with van der Waals surface area (Å²) in [5.41, 5.74) is 0.349. The van der Waals surface area contributed by atoms with Gasteiger partial charge in [-0.25, -0.2) is 4.79 Å². The van der Waals surface area contributed by atoms with Gasteiger partial charge in [-0.15, -0.1) is 0 Å². The van der Waals surface area contributed by atoms with Crippen LogP contribution in [0.25, 0.3) is 0 Å². The highest BCUT2D eigenvalue weighted by atomic mass is 16.6. The number of allylic oxidation sites excluding steroid dienone is 3. The molecular formula is C37H55N3O6. The van der Waals surface area contributed by atoms with Gasteiger partial charge in [0.15, 0.2) is 6.10 Å². The Bertz CT molecular complexity index is 1200. The topological polar surface area (TPSA) is 112 Å². The molecule has 0 bridgehead atoms. The Balaban J connectivity index is 1.45. The third-order valence-electron chi connectivity index (χ3n) is 9.79. The van der Waals surface area contributed by atoms with Gasteiger partial charge in [-0.3, -0.25) is 9.78 Å². The molecule has 2 N–H and O–H groups in total. The number of aliphatic hydroxyl groups excluding tert-OH is 1. The average molecular weight is 638 g/mol. The van der Waals surface area contributed by atoms with E-state index in [1.54, 1.807) is 24.1 Å². The van der Waals surface area contributed by atoms with Gasteiger partial charge in [-0.1, -0.05) is 57.1 Å². The van der Waals surface area contributed by atoms with E-state index in [1.807, 2.05) is 56.4 Å². The van der Waals surface area contributed by atoms with Gasteiger partial charge in [-0.2, -0.15) is 0 Å². The highest BCUT2D eigenvalue weighted by Crippen LogP contribution is 2.28. The van der Waals surface area contributed by atoms with Gasteiger partial charge in [0.25, 0.3) is 0 Å². The van der Waals surface area contributed by atoms with Gasteiger partial charge in [0.1, 0.15) is 11.7 Å². The number of hydrogen-bond acceptors (Lipinski definition) is 8. The number of ether oxygens (including phenoxy) is 2. The number of hydrogen-bond donors (Lipinski definition) is 2. The molecule has 1 amide bonds. The first kappa shape index (κ1) is 35.8. The lowest BCUT2D eigenvalue weighted by molar-refractivity contribution is -0.151. The van der Waals surface area contributed by atoms with Gasteiger partial charge in [0.05, 0.1) is 12.5 Å². The fourth-order valence-corrected chi connectivity index (χ4v) is 6.72. The molecule has 3 aliphatic rings. The van der Waals surface area contributed by atoms with E-state index in [9.17, 15) is 19.8 Å². The van der Waals surface area contributed by atoms with Gasteiger partial charge in [-0.05, 0) is 89.2 Å². The summed E-state index contributed by atoms with van der Waals surface area (Å²) >= 11 is 0. The number of aliphatic hydroxyl groups is 2. The molecule has 2 fully saturated rings. The van der Waals surface area contributed by atoms with Crippen LogP contribution in [0.3, 0.4) is 0 Å². The standard InChI is InChI=1S/C37H55N3O6/c1-27(32-14-7-8-21-38-32)12-11-13-28(2)35-29(3)15-16-33(37(4,44)20-17-31(41)26-34(42)46-35)45-36(43)40-24-18-30(19-25-40)39-22-9-5-6-10-23-39/h7-8,11-16,21,27,29-31,33,35,41,44H,5-6,9-10,17-20,22-26H2,1-4H3. The van der Waals surface area contributed by atoms with Crippen LogP contribution >= 0.6 is 0 Å². The molecule has 1 aromatic heterocycles. The first-order chi connectivity index (χ1) is 22.0. The van der Waals surface area contributed by atoms with E-state index in [2.05, 4.69) is 16.8 Å². The number of carbonyl (C=O) groups excluding carboxylic acids is 2. The summed E-state index contributed by atoms with van der Waals surface area (Å²) in [5.74, 6) is -0.683. The van der Waals surface area contributed by atoms with Crippen molar-refractivity contribution < 1.29 is 29.3 Å². The molecule has 0 aromatic carbocycles. The molecule has 4 heterocycles. The number of rotatable bonds is 6. The van der Waals surface area contributed by atoms with Crippen LogP contribution in [0.15, 0.2) is 60.3 Å². The van der Waals surface area contributed by atoms with Gasteiger partial charge in [0, 0.05) is 42.9 Å². The predicted octanol–water partition coefficient (Wildman–Crippen LogP) is 5.93. The van der Waals surface area contributed by atoms with E-state index in [0.717, 1.165) is 37.2 Å². The normalized spacial score (nSPS) is 30.6. The molecule has 4 rings (SSSR count). The predicted molar refractivity (Wildman–Crippen MR) is 179 cm³/mol. The number of likely N-dealkylation sites (tertiary alicyclic amines) is 2. The monoisotopic (exact) mass is 637 g/mol. The van der Waals surface area contributed by atoms with Crippen molar-refractivity contribution in [1.82, 2.24) is 14.8 Å². The lowest BCUT2D eigenvalue weighted by Gasteiger charge is -2.39. The number of esters is 1. The SMILES string of the molecule is CC(=CC=CC(C)c1ccccn1)C1OC(=O)CC(O)CCC(C)(O)C(OC(=O)N2CCC(N3CCCCCC3)CC2)C=CC1C. The quantitative estimate of drug-likeness (QED) is 0.224. The van der Waals surface area contributed by atoms with Crippen LogP contribution < -0.4 is 0 Å². The van der Waals surface area contributed by atoms with Crippen molar-refractivity contribution in [2.24, 2.45) is 5.92 Å². The summed E-state index contributed by atoms with van der Waals surface area (Å²) in [5, 5.41) is 22.1. The van der Waals surface area contributed by atoms with Crippen LogP contribution in [0.1, 0.15) is 97.1 Å². The molecular weight excluding hydrogens is 582 g/mol. The van der Waals surface area contributed by atoms with Crippen molar-refractivity contribution in [2.75, 3.05) is 26.2 Å². The summed E-state index contributed by atoms with van der Waals surface area (Å²) in [4.78, 5) is 35.0. The number of pyridine rings is 1. The Kier molecular flexibility index (Phi) is 13.4. The van der Waals surface area contributed by atoms with E-state index >= 15 is 0 Å². The summed E-state index contributed by atoms with van der Waals surface area (Å²) in [6, 6.07) is 6.33. The molecule has 0 saturated carbocycles. The number of carbonyl (C=O) groups is 2. The summed E-state index contributed by atoms with van der Waals surface area (Å²) in [7, 11) is 0. The fourth-order valence-electron chi connectivity index (χ4n) is 6.72. The van der Waals surface area contributed by atoms with E-state index in [-0.39, 0.29) is 31.1 Å². The summed E-state index contributed by atoms with van der Waals surface area (Å²) in [6.45, 7) is 11.1. The van der Waals surface area contributed by atoms with Crippen LogP contribution in [-0.2, 0) is 14.3 Å². The maximum absolute atomic E-state index is 13.4. The number of nitrogens with zero attached hydrogens (tertiary/aromatic N) is 3. The van der Waals surface area contributed by atoms with Crippen molar-refractivity contribution in [3.63, 3.8) is 0 Å². The largest absolute Gasteiger partial charge is 0.457 e. The molecule has 9 nitrogen and oxygen atoms in total. The van der Waals surface area contributed by atoms with Crippen molar-refractivity contribution in [2.45, 2.75) is 121 Å².